The third kappa shape index (κ3) is 0.843. The molecule has 0 aromatic carbocycles. The maximum Gasteiger partial charge on any atom is -0.0291 e. The fraction of sp³-hybridized carbons (Fsp3) is 1.00. The van der Waals surface area contributed by atoms with E-state index >= 15 is 0 Å². The highest BCUT2D eigenvalue weighted by molar-refractivity contribution is 5.06. The molecule has 0 N–H and O–H groups in total. The Morgan fingerprint density at radius 2 is 1.83 bits per heavy atom. The van der Waals surface area contributed by atoms with Gasteiger partial charge in [0.2, 0.25) is 0 Å². The fourth-order valence-corrected chi connectivity index (χ4v) is 4.03. The predicted molar refractivity (Wildman–Crippen MR) is 50.8 cm³/mol. The van der Waals surface area contributed by atoms with Gasteiger partial charge in [-0.05, 0) is 61.2 Å². The Balaban J connectivity index is 1.80. The van der Waals surface area contributed by atoms with Gasteiger partial charge >= 0.3 is 0 Å². The molecule has 3 aliphatic carbocycles. The van der Waals surface area contributed by atoms with Gasteiger partial charge in [-0.25, -0.2) is 0 Å². The molecule has 4 atom stereocenters. The Kier molecular flexibility index (Phi) is 1.28. The molecule has 3 aliphatic rings. The van der Waals surface area contributed by atoms with Gasteiger partial charge in [-0.2, -0.15) is 0 Å². The molecule has 1 spiro atoms. The van der Waals surface area contributed by atoms with E-state index in [4.69, 9.17) is 0 Å². The summed E-state index contributed by atoms with van der Waals surface area (Å²) in [6, 6.07) is 0. The summed E-state index contributed by atoms with van der Waals surface area (Å²) in [5.74, 6) is 4.33. The third-order valence-corrected chi connectivity index (χ3v) is 5.17. The highest BCUT2D eigenvalue weighted by Crippen LogP contribution is 2.66. The van der Waals surface area contributed by atoms with Crippen LogP contribution < -0.4 is 0 Å². The van der Waals surface area contributed by atoms with E-state index in [1.807, 2.05) is 0 Å². The number of rotatable bonds is 0. The van der Waals surface area contributed by atoms with E-state index in [-0.39, 0.29) is 0 Å². The lowest BCUT2D eigenvalue weighted by atomic mass is 9.88. The van der Waals surface area contributed by atoms with Crippen LogP contribution in [0.25, 0.3) is 0 Å². The minimum Gasteiger partial charge on any atom is -0.0622 e. The second-order valence-corrected chi connectivity index (χ2v) is 5.90. The van der Waals surface area contributed by atoms with Gasteiger partial charge in [0.1, 0.15) is 0 Å². The lowest BCUT2D eigenvalue weighted by molar-refractivity contribution is 0.323. The van der Waals surface area contributed by atoms with Gasteiger partial charge in [0.15, 0.2) is 0 Å². The van der Waals surface area contributed by atoms with Crippen LogP contribution in [0.5, 0.6) is 0 Å². The SMILES string of the molecule is CC1CC2CC3(CC3)CC2C1C. The van der Waals surface area contributed by atoms with Crippen LogP contribution in [-0.4, -0.2) is 0 Å². The van der Waals surface area contributed by atoms with Gasteiger partial charge in [0.05, 0.1) is 0 Å². The van der Waals surface area contributed by atoms with E-state index in [1.165, 1.54) is 0 Å². The number of hydrogen-bond acceptors (Lipinski definition) is 0. The van der Waals surface area contributed by atoms with Crippen molar-refractivity contribution in [2.24, 2.45) is 29.1 Å². The summed E-state index contributed by atoms with van der Waals surface area (Å²) in [6.07, 6.45) is 7.89. The Labute approximate surface area is 75.7 Å². The van der Waals surface area contributed by atoms with Crippen molar-refractivity contribution in [3.63, 3.8) is 0 Å². The van der Waals surface area contributed by atoms with Crippen LogP contribution >= 0.6 is 0 Å². The van der Waals surface area contributed by atoms with E-state index in [9.17, 15) is 0 Å². The highest BCUT2D eigenvalue weighted by Gasteiger charge is 2.56. The summed E-state index contributed by atoms with van der Waals surface area (Å²) in [7, 11) is 0. The zero-order chi connectivity index (χ0) is 8.34. The molecule has 0 nitrogen and oxygen atoms in total. The van der Waals surface area contributed by atoms with Crippen LogP contribution in [0.4, 0.5) is 0 Å². The summed E-state index contributed by atoms with van der Waals surface area (Å²) < 4.78 is 0. The molecule has 0 heteroatoms. The van der Waals surface area contributed by atoms with Crippen LogP contribution in [-0.2, 0) is 0 Å². The zero-order valence-electron chi connectivity index (χ0n) is 8.34. The van der Waals surface area contributed by atoms with Gasteiger partial charge in [-0.3, -0.25) is 0 Å². The van der Waals surface area contributed by atoms with Gasteiger partial charge in [-0.1, -0.05) is 13.8 Å². The second-order valence-electron chi connectivity index (χ2n) is 5.90. The van der Waals surface area contributed by atoms with Crippen molar-refractivity contribution in [1.82, 2.24) is 0 Å². The van der Waals surface area contributed by atoms with Crippen molar-refractivity contribution in [2.75, 3.05) is 0 Å². The Morgan fingerprint density at radius 3 is 2.42 bits per heavy atom. The van der Waals surface area contributed by atoms with Crippen molar-refractivity contribution in [1.29, 1.82) is 0 Å². The van der Waals surface area contributed by atoms with E-state index in [0.717, 1.165) is 29.1 Å². The fourth-order valence-electron chi connectivity index (χ4n) is 4.03. The molecule has 0 heterocycles. The molecule has 4 unspecified atom stereocenters. The van der Waals surface area contributed by atoms with Gasteiger partial charge in [0, 0.05) is 0 Å². The molecule has 0 aromatic rings. The summed E-state index contributed by atoms with van der Waals surface area (Å²) >= 11 is 0. The standard InChI is InChI=1S/C12H20/c1-8-5-10-6-12(3-4-12)7-11(10)9(8)2/h8-11H,3-7H2,1-2H3. The number of fused-ring (bicyclic) bond motifs is 1. The topological polar surface area (TPSA) is 0 Å². The molecular weight excluding hydrogens is 144 g/mol. The van der Waals surface area contributed by atoms with E-state index < -0.39 is 0 Å². The van der Waals surface area contributed by atoms with Crippen molar-refractivity contribution in [3.05, 3.63) is 0 Å². The summed E-state index contributed by atoms with van der Waals surface area (Å²) in [4.78, 5) is 0. The van der Waals surface area contributed by atoms with E-state index in [2.05, 4.69) is 13.8 Å². The van der Waals surface area contributed by atoms with Gasteiger partial charge < -0.3 is 0 Å². The monoisotopic (exact) mass is 164 g/mol. The van der Waals surface area contributed by atoms with Crippen molar-refractivity contribution < 1.29 is 0 Å². The molecule has 0 aliphatic heterocycles. The molecule has 3 fully saturated rings. The second kappa shape index (κ2) is 2.08. The molecule has 0 aromatic heterocycles. The molecule has 0 amide bonds. The van der Waals surface area contributed by atoms with Crippen molar-refractivity contribution in [3.8, 4) is 0 Å². The minimum absolute atomic E-state index is 0.906. The molecule has 0 radical (unpaired) electrons. The molecule has 0 bridgehead atoms. The molecule has 12 heavy (non-hydrogen) atoms. The molecular formula is C12H20. The summed E-state index contributed by atoms with van der Waals surface area (Å²) in [5, 5.41) is 0. The lowest BCUT2D eigenvalue weighted by Crippen LogP contribution is -2.09. The first-order valence-corrected chi connectivity index (χ1v) is 5.70. The van der Waals surface area contributed by atoms with Crippen LogP contribution in [0.3, 0.4) is 0 Å². The smallest absolute Gasteiger partial charge is 0.0291 e. The maximum absolute atomic E-state index is 2.50. The maximum atomic E-state index is 2.50. The molecule has 3 rings (SSSR count). The average molecular weight is 164 g/mol. The van der Waals surface area contributed by atoms with Crippen molar-refractivity contribution >= 4 is 0 Å². The molecule has 3 saturated carbocycles. The van der Waals surface area contributed by atoms with Crippen LogP contribution in [0.15, 0.2) is 0 Å². The summed E-state index contributed by atoms with van der Waals surface area (Å²) in [5.41, 5.74) is 0.906. The average Bonchev–Trinajstić information content (AvgIpc) is 2.60. The molecule has 68 valence electrons. The van der Waals surface area contributed by atoms with Gasteiger partial charge in [-0.15, -0.1) is 0 Å². The predicted octanol–water partition coefficient (Wildman–Crippen LogP) is 3.47. The normalized spacial score (nSPS) is 54.5. The Morgan fingerprint density at radius 1 is 1.08 bits per heavy atom. The summed E-state index contributed by atoms with van der Waals surface area (Å²) in [6.45, 7) is 4.96. The van der Waals surface area contributed by atoms with Gasteiger partial charge in [0.25, 0.3) is 0 Å². The Hall–Kier alpha value is 0. The zero-order valence-corrected chi connectivity index (χ0v) is 8.34. The lowest BCUT2D eigenvalue weighted by Gasteiger charge is -2.17. The van der Waals surface area contributed by atoms with Crippen LogP contribution in [0.2, 0.25) is 0 Å². The van der Waals surface area contributed by atoms with Crippen LogP contribution in [0, 0.1) is 29.1 Å². The van der Waals surface area contributed by atoms with E-state index in [1.54, 1.807) is 32.1 Å². The largest absolute Gasteiger partial charge is 0.0622 e. The van der Waals surface area contributed by atoms with E-state index in [0.29, 0.717) is 0 Å². The van der Waals surface area contributed by atoms with Crippen LogP contribution in [0.1, 0.15) is 46.0 Å². The third-order valence-electron chi connectivity index (χ3n) is 5.17. The van der Waals surface area contributed by atoms with Crippen molar-refractivity contribution in [2.45, 2.75) is 46.0 Å². The highest BCUT2D eigenvalue weighted by atomic mass is 14.6. The number of hydrogen-bond donors (Lipinski definition) is 0. The first-order valence-electron chi connectivity index (χ1n) is 5.70. The first-order chi connectivity index (χ1) is 5.70. The Bertz CT molecular complexity index is 202. The molecule has 0 saturated heterocycles. The first kappa shape index (κ1) is 7.41. The minimum atomic E-state index is 0.906. The quantitative estimate of drug-likeness (QED) is 0.514.